The Morgan fingerprint density at radius 3 is 2.71 bits per heavy atom. The lowest BCUT2D eigenvalue weighted by Gasteiger charge is -2.07. The van der Waals surface area contributed by atoms with Gasteiger partial charge in [-0.15, -0.1) is 0 Å². The van der Waals surface area contributed by atoms with Crippen LogP contribution in [0.5, 0.6) is 0 Å². The highest BCUT2D eigenvalue weighted by atomic mass is 16.5. The van der Waals surface area contributed by atoms with E-state index in [1.54, 1.807) is 6.07 Å². The minimum absolute atomic E-state index is 0.0869. The summed E-state index contributed by atoms with van der Waals surface area (Å²) in [7, 11) is 0. The van der Waals surface area contributed by atoms with Crippen LogP contribution < -0.4 is 5.32 Å². The number of amides is 1. The number of carboxylic acids is 1. The van der Waals surface area contributed by atoms with E-state index in [9.17, 15) is 9.59 Å². The number of nitrogens with one attached hydrogen (secondary N) is 1. The fourth-order valence-electron chi connectivity index (χ4n) is 2.16. The number of nitrogens with zero attached hydrogens (tertiary/aromatic N) is 1. The molecule has 1 amide bonds. The number of carboxylic acid groups (broad SMARTS) is 1. The van der Waals surface area contributed by atoms with Crippen molar-refractivity contribution >= 4 is 33.6 Å². The number of fused-ring (bicyclic) bond motifs is 3. The van der Waals surface area contributed by atoms with Crippen molar-refractivity contribution in [2.75, 3.05) is 0 Å². The molecule has 106 valence electrons. The summed E-state index contributed by atoms with van der Waals surface area (Å²) in [6.07, 6.45) is 0. The number of carbonyl (C=O) groups excluding carboxylic acids is 1. The molecule has 6 heteroatoms. The third-order valence-electron chi connectivity index (χ3n) is 3.30. The molecule has 0 aliphatic carbocycles. The van der Waals surface area contributed by atoms with Gasteiger partial charge >= 0.3 is 5.97 Å². The van der Waals surface area contributed by atoms with E-state index in [1.165, 1.54) is 6.92 Å². The summed E-state index contributed by atoms with van der Waals surface area (Å²) >= 11 is 0. The summed E-state index contributed by atoms with van der Waals surface area (Å²) in [4.78, 5) is 22.9. The van der Waals surface area contributed by atoms with Crippen molar-refractivity contribution in [1.29, 1.82) is 0 Å². The van der Waals surface area contributed by atoms with Crippen LogP contribution in [0.3, 0.4) is 0 Å². The Labute approximate surface area is 119 Å². The zero-order valence-electron chi connectivity index (χ0n) is 11.2. The number of rotatable bonds is 3. The molecule has 3 aromatic rings. The SMILES string of the molecule is C[C@@H](NC(=O)c1noc2c1ccc1ccccc12)C(=O)O. The van der Waals surface area contributed by atoms with Gasteiger partial charge in [-0.3, -0.25) is 9.59 Å². The van der Waals surface area contributed by atoms with E-state index >= 15 is 0 Å². The lowest BCUT2D eigenvalue weighted by atomic mass is 10.1. The lowest BCUT2D eigenvalue weighted by molar-refractivity contribution is -0.138. The van der Waals surface area contributed by atoms with Crippen LogP contribution in [0.2, 0.25) is 0 Å². The Hall–Kier alpha value is -2.89. The van der Waals surface area contributed by atoms with Gasteiger partial charge in [0.05, 0.1) is 5.39 Å². The van der Waals surface area contributed by atoms with Gasteiger partial charge < -0.3 is 14.9 Å². The summed E-state index contributed by atoms with van der Waals surface area (Å²) in [5.41, 5.74) is 0.602. The van der Waals surface area contributed by atoms with E-state index in [0.29, 0.717) is 11.0 Å². The van der Waals surface area contributed by atoms with E-state index in [4.69, 9.17) is 9.63 Å². The summed E-state index contributed by atoms with van der Waals surface area (Å²) in [5, 5.41) is 17.4. The topological polar surface area (TPSA) is 92.4 Å². The van der Waals surface area contributed by atoms with Gasteiger partial charge in [-0.25, -0.2) is 0 Å². The van der Waals surface area contributed by atoms with Gasteiger partial charge in [0.15, 0.2) is 11.3 Å². The highest BCUT2D eigenvalue weighted by Gasteiger charge is 2.21. The average Bonchev–Trinajstić information content (AvgIpc) is 2.91. The predicted octanol–water partition coefficient (Wildman–Crippen LogP) is 2.18. The fourth-order valence-corrected chi connectivity index (χ4v) is 2.16. The number of hydrogen-bond acceptors (Lipinski definition) is 4. The Balaban J connectivity index is 2.06. The van der Waals surface area contributed by atoms with E-state index in [-0.39, 0.29) is 5.69 Å². The van der Waals surface area contributed by atoms with Crippen molar-refractivity contribution in [2.45, 2.75) is 13.0 Å². The quantitative estimate of drug-likeness (QED) is 0.769. The standard InChI is InChI=1S/C15H12N2O4/c1-8(15(19)20)16-14(18)12-11-7-6-9-4-2-3-5-10(9)13(11)21-17-12/h2-8H,1H3,(H,16,18)(H,19,20)/t8-/m1/s1. The van der Waals surface area contributed by atoms with E-state index < -0.39 is 17.9 Å². The molecule has 6 nitrogen and oxygen atoms in total. The molecule has 0 unspecified atom stereocenters. The monoisotopic (exact) mass is 284 g/mol. The van der Waals surface area contributed by atoms with E-state index in [1.807, 2.05) is 30.3 Å². The molecule has 0 saturated heterocycles. The average molecular weight is 284 g/mol. The summed E-state index contributed by atoms with van der Waals surface area (Å²) < 4.78 is 5.27. The number of benzene rings is 2. The molecular formula is C15H12N2O4. The minimum Gasteiger partial charge on any atom is -0.480 e. The molecule has 0 fully saturated rings. The van der Waals surface area contributed by atoms with E-state index in [0.717, 1.165) is 10.8 Å². The first kappa shape index (κ1) is 13.1. The van der Waals surface area contributed by atoms with Crippen molar-refractivity contribution in [1.82, 2.24) is 10.5 Å². The Morgan fingerprint density at radius 2 is 1.95 bits per heavy atom. The van der Waals surface area contributed by atoms with Crippen molar-refractivity contribution in [3.63, 3.8) is 0 Å². The predicted molar refractivity (Wildman–Crippen MR) is 76.1 cm³/mol. The van der Waals surface area contributed by atoms with Crippen molar-refractivity contribution in [2.24, 2.45) is 0 Å². The highest BCUT2D eigenvalue weighted by Crippen LogP contribution is 2.27. The second-order valence-corrected chi connectivity index (χ2v) is 4.73. The molecule has 1 aromatic heterocycles. The normalized spacial score (nSPS) is 12.4. The number of carbonyl (C=O) groups is 2. The molecule has 0 spiro atoms. The third kappa shape index (κ3) is 2.20. The van der Waals surface area contributed by atoms with Crippen LogP contribution in [0, 0.1) is 0 Å². The van der Waals surface area contributed by atoms with Gasteiger partial charge in [0.1, 0.15) is 6.04 Å². The molecule has 0 saturated carbocycles. The zero-order chi connectivity index (χ0) is 15.0. The number of aromatic nitrogens is 1. The first-order chi connectivity index (χ1) is 10.1. The second kappa shape index (κ2) is 4.90. The molecule has 0 aliphatic heterocycles. The molecule has 1 heterocycles. The molecule has 2 N–H and O–H groups in total. The van der Waals surface area contributed by atoms with Gasteiger partial charge in [-0.2, -0.15) is 0 Å². The van der Waals surface area contributed by atoms with Crippen LogP contribution in [0.4, 0.5) is 0 Å². The first-order valence-electron chi connectivity index (χ1n) is 6.38. The first-order valence-corrected chi connectivity index (χ1v) is 6.38. The Bertz CT molecular complexity index is 853. The van der Waals surface area contributed by atoms with Gasteiger partial charge in [-0.1, -0.05) is 35.5 Å². The number of aliphatic carboxylic acids is 1. The molecular weight excluding hydrogens is 272 g/mol. The molecule has 21 heavy (non-hydrogen) atoms. The lowest BCUT2D eigenvalue weighted by Crippen LogP contribution is -2.38. The van der Waals surface area contributed by atoms with Crippen LogP contribution in [0.15, 0.2) is 40.9 Å². The van der Waals surface area contributed by atoms with Gasteiger partial charge in [0.2, 0.25) is 0 Å². The zero-order valence-corrected chi connectivity index (χ0v) is 11.2. The minimum atomic E-state index is -1.11. The maximum Gasteiger partial charge on any atom is 0.325 e. The van der Waals surface area contributed by atoms with Crippen LogP contribution in [0.25, 0.3) is 21.7 Å². The van der Waals surface area contributed by atoms with Crippen LogP contribution in [0.1, 0.15) is 17.4 Å². The van der Waals surface area contributed by atoms with Crippen LogP contribution in [-0.4, -0.2) is 28.2 Å². The van der Waals surface area contributed by atoms with Crippen molar-refractivity contribution in [3.05, 3.63) is 42.1 Å². The molecule has 3 rings (SSSR count). The van der Waals surface area contributed by atoms with Crippen molar-refractivity contribution < 1.29 is 19.2 Å². The molecule has 0 bridgehead atoms. The summed E-state index contributed by atoms with van der Waals surface area (Å²) in [6, 6.07) is 10.2. The molecule has 0 radical (unpaired) electrons. The van der Waals surface area contributed by atoms with Gasteiger partial charge in [-0.05, 0) is 18.4 Å². The molecule has 0 aliphatic rings. The fraction of sp³-hybridized carbons (Fsp3) is 0.133. The third-order valence-corrected chi connectivity index (χ3v) is 3.30. The van der Waals surface area contributed by atoms with Gasteiger partial charge in [0.25, 0.3) is 5.91 Å². The summed E-state index contributed by atoms with van der Waals surface area (Å²) in [6.45, 7) is 1.39. The number of hydrogen-bond donors (Lipinski definition) is 2. The van der Waals surface area contributed by atoms with Crippen LogP contribution >= 0.6 is 0 Å². The maximum absolute atomic E-state index is 12.1. The second-order valence-electron chi connectivity index (χ2n) is 4.73. The highest BCUT2D eigenvalue weighted by molar-refractivity contribution is 6.12. The van der Waals surface area contributed by atoms with Crippen molar-refractivity contribution in [3.8, 4) is 0 Å². The summed E-state index contributed by atoms with van der Waals surface area (Å²) in [5.74, 6) is -1.68. The smallest absolute Gasteiger partial charge is 0.325 e. The molecule has 1 atom stereocenters. The molecule has 2 aromatic carbocycles. The Kier molecular flexibility index (Phi) is 3.06. The maximum atomic E-state index is 12.1. The van der Waals surface area contributed by atoms with E-state index in [2.05, 4.69) is 10.5 Å². The Morgan fingerprint density at radius 1 is 1.19 bits per heavy atom. The largest absolute Gasteiger partial charge is 0.480 e. The van der Waals surface area contributed by atoms with Gasteiger partial charge in [0, 0.05) is 5.39 Å². The van der Waals surface area contributed by atoms with Crippen LogP contribution in [-0.2, 0) is 4.79 Å².